The summed E-state index contributed by atoms with van der Waals surface area (Å²) in [6.45, 7) is 13.4. The lowest BCUT2D eigenvalue weighted by molar-refractivity contribution is -0.130. The number of hydrogen-bond donors (Lipinski definition) is 0. The van der Waals surface area contributed by atoms with E-state index in [9.17, 15) is 23.6 Å². The maximum absolute atomic E-state index is 15.0. The Kier molecular flexibility index (Phi) is 11.0. The lowest BCUT2D eigenvalue weighted by atomic mass is 10.1. The quantitative estimate of drug-likeness (QED) is 0.103. The Bertz CT molecular complexity index is 1600. The van der Waals surface area contributed by atoms with E-state index in [4.69, 9.17) is 18.9 Å². The zero-order valence-corrected chi connectivity index (χ0v) is 22.8. The van der Waals surface area contributed by atoms with Gasteiger partial charge in [-0.15, -0.1) is 0 Å². The molecule has 3 rings (SSSR count). The second kappa shape index (κ2) is 15.1. The number of halogens is 1. The van der Waals surface area contributed by atoms with Gasteiger partial charge in [-0.1, -0.05) is 62.8 Å². The predicted octanol–water partition coefficient (Wildman–Crippen LogP) is 6.53. The molecular formula is C34H25FO8. The molecule has 0 aliphatic carbocycles. The highest BCUT2D eigenvalue weighted by Gasteiger charge is 2.09. The van der Waals surface area contributed by atoms with Crippen LogP contribution in [-0.2, 0) is 19.2 Å². The summed E-state index contributed by atoms with van der Waals surface area (Å²) in [4.78, 5) is 46.6. The second-order valence-corrected chi connectivity index (χ2v) is 8.42. The number of rotatable bonds is 12. The molecule has 0 aliphatic heterocycles. The lowest BCUT2D eigenvalue weighted by Gasteiger charge is -2.08. The van der Waals surface area contributed by atoms with Crippen LogP contribution >= 0.6 is 0 Å². The first-order valence-corrected chi connectivity index (χ1v) is 12.4. The smallest absolute Gasteiger partial charge is 0.335 e. The fourth-order valence-corrected chi connectivity index (χ4v) is 3.41. The van der Waals surface area contributed by atoms with Gasteiger partial charge in [0.2, 0.25) is 0 Å². The van der Waals surface area contributed by atoms with Crippen molar-refractivity contribution in [2.24, 2.45) is 0 Å². The van der Waals surface area contributed by atoms with Crippen LogP contribution in [0.25, 0.3) is 24.3 Å². The Morgan fingerprint density at radius 3 is 1.19 bits per heavy atom. The van der Waals surface area contributed by atoms with E-state index < -0.39 is 29.7 Å². The summed E-state index contributed by atoms with van der Waals surface area (Å²) in [6.07, 6.45) is 10.2. The summed E-state index contributed by atoms with van der Waals surface area (Å²) in [6, 6.07) is 13.3. The number of carbonyl (C=O) groups excluding carboxylic acids is 4. The van der Waals surface area contributed by atoms with E-state index in [0.29, 0.717) is 16.7 Å². The summed E-state index contributed by atoms with van der Waals surface area (Å²) in [5, 5.41) is 0. The minimum absolute atomic E-state index is 0.0885. The van der Waals surface area contributed by atoms with Gasteiger partial charge in [0.1, 0.15) is 28.8 Å². The van der Waals surface area contributed by atoms with Gasteiger partial charge in [0.25, 0.3) is 0 Å². The Balaban J connectivity index is 1.85. The number of ether oxygens (including phenoxy) is 4. The van der Waals surface area contributed by atoms with Crippen molar-refractivity contribution in [2.75, 3.05) is 0 Å². The molecule has 43 heavy (non-hydrogen) atoms. The Labute approximate surface area is 247 Å². The van der Waals surface area contributed by atoms with E-state index in [-0.39, 0.29) is 28.6 Å². The van der Waals surface area contributed by atoms with Crippen molar-refractivity contribution in [3.8, 4) is 23.0 Å². The average Bonchev–Trinajstić information content (AvgIpc) is 2.99. The van der Waals surface area contributed by atoms with E-state index >= 15 is 0 Å². The van der Waals surface area contributed by atoms with Gasteiger partial charge in [-0.2, -0.15) is 0 Å². The maximum Gasteiger partial charge on any atom is 0.335 e. The maximum atomic E-state index is 15.0. The third-order valence-corrected chi connectivity index (χ3v) is 5.29. The Morgan fingerprint density at radius 1 is 0.488 bits per heavy atom. The zero-order chi connectivity index (χ0) is 31.4. The van der Waals surface area contributed by atoms with Gasteiger partial charge in [-0.3, -0.25) is 0 Å². The molecule has 0 spiro atoms. The molecular weight excluding hydrogens is 555 g/mol. The molecule has 0 amide bonds. The van der Waals surface area contributed by atoms with Gasteiger partial charge in [0, 0.05) is 42.0 Å². The fourth-order valence-electron chi connectivity index (χ4n) is 3.41. The number of benzene rings is 3. The average molecular weight is 581 g/mol. The monoisotopic (exact) mass is 580 g/mol. The Morgan fingerprint density at radius 2 is 0.837 bits per heavy atom. The largest absolute Gasteiger partial charge is 0.423 e. The molecule has 0 heterocycles. The first-order valence-electron chi connectivity index (χ1n) is 12.4. The molecule has 0 fully saturated rings. The summed E-state index contributed by atoms with van der Waals surface area (Å²) < 4.78 is 35.5. The minimum atomic E-state index is -0.713. The molecule has 9 heteroatoms. The van der Waals surface area contributed by atoms with Crippen LogP contribution in [0.4, 0.5) is 4.39 Å². The summed E-state index contributed by atoms with van der Waals surface area (Å²) in [7, 11) is 0. The molecule has 8 nitrogen and oxygen atoms in total. The SMILES string of the molecule is C=CC(=O)Oc1cc(/C=C/c2ccc(/C=C/c3cc(OC(=O)C=C)cc(OC(=O)C=C)c3)c(F)c2)cc(OC(=O)C=C)c1. The van der Waals surface area contributed by atoms with Crippen molar-refractivity contribution in [1.29, 1.82) is 0 Å². The van der Waals surface area contributed by atoms with Crippen LogP contribution in [-0.4, -0.2) is 23.9 Å². The van der Waals surface area contributed by atoms with Gasteiger partial charge in [-0.25, -0.2) is 23.6 Å². The molecule has 0 radical (unpaired) electrons. The van der Waals surface area contributed by atoms with Crippen LogP contribution in [0.1, 0.15) is 22.3 Å². The molecule has 0 saturated heterocycles. The molecule has 0 unspecified atom stereocenters. The molecule has 3 aromatic carbocycles. The van der Waals surface area contributed by atoms with Crippen LogP contribution < -0.4 is 18.9 Å². The van der Waals surface area contributed by atoms with E-state index in [1.807, 2.05) is 0 Å². The van der Waals surface area contributed by atoms with Crippen molar-refractivity contribution in [2.45, 2.75) is 0 Å². The highest BCUT2D eigenvalue weighted by molar-refractivity contribution is 5.86. The third kappa shape index (κ3) is 9.80. The lowest BCUT2D eigenvalue weighted by Crippen LogP contribution is -2.06. The van der Waals surface area contributed by atoms with Crippen LogP contribution in [0.3, 0.4) is 0 Å². The van der Waals surface area contributed by atoms with Gasteiger partial charge in [0.05, 0.1) is 0 Å². The molecule has 0 aliphatic rings. The van der Waals surface area contributed by atoms with Crippen molar-refractivity contribution in [1.82, 2.24) is 0 Å². The predicted molar refractivity (Wildman–Crippen MR) is 160 cm³/mol. The van der Waals surface area contributed by atoms with Crippen molar-refractivity contribution < 1.29 is 42.5 Å². The Hall–Kier alpha value is -6.09. The van der Waals surface area contributed by atoms with Crippen LogP contribution in [0, 0.1) is 5.82 Å². The highest BCUT2D eigenvalue weighted by atomic mass is 19.1. The third-order valence-electron chi connectivity index (χ3n) is 5.29. The van der Waals surface area contributed by atoms with Crippen molar-refractivity contribution in [3.63, 3.8) is 0 Å². The van der Waals surface area contributed by atoms with E-state index in [2.05, 4.69) is 26.3 Å². The van der Waals surface area contributed by atoms with Crippen LogP contribution in [0.2, 0.25) is 0 Å². The summed E-state index contributed by atoms with van der Waals surface area (Å²) in [5.74, 6) is -2.98. The highest BCUT2D eigenvalue weighted by Crippen LogP contribution is 2.27. The first kappa shape index (κ1) is 31.4. The molecule has 216 valence electrons. The molecule has 0 atom stereocenters. The number of esters is 4. The van der Waals surface area contributed by atoms with Gasteiger partial charge in [0.15, 0.2) is 0 Å². The fraction of sp³-hybridized carbons (Fsp3) is 0. The van der Waals surface area contributed by atoms with Gasteiger partial charge < -0.3 is 18.9 Å². The van der Waals surface area contributed by atoms with Gasteiger partial charge in [-0.05, 0) is 47.0 Å². The second-order valence-electron chi connectivity index (χ2n) is 8.42. The van der Waals surface area contributed by atoms with Crippen molar-refractivity contribution >= 4 is 48.2 Å². The topological polar surface area (TPSA) is 105 Å². The summed E-state index contributed by atoms with van der Waals surface area (Å²) >= 11 is 0. The number of hydrogen-bond acceptors (Lipinski definition) is 8. The van der Waals surface area contributed by atoms with Crippen molar-refractivity contribution in [3.05, 3.63) is 133 Å². The van der Waals surface area contributed by atoms with E-state index in [1.54, 1.807) is 30.4 Å². The van der Waals surface area contributed by atoms with Gasteiger partial charge >= 0.3 is 23.9 Å². The molecule has 3 aromatic rings. The molecule has 0 saturated carbocycles. The van der Waals surface area contributed by atoms with E-state index in [0.717, 1.165) is 24.3 Å². The molecule has 0 aromatic heterocycles. The molecule has 0 N–H and O–H groups in total. The standard InChI is InChI=1S/C34H25FO8/c1-5-31(36)40-26-15-23(16-27(20-26)41-32(37)6-2)10-9-22-11-13-25(30(35)19-22)14-12-24-17-28(42-33(38)7-3)21-29(18-24)43-34(39)8-4/h5-21H,1-4H2/b10-9+,14-12+. The van der Waals surface area contributed by atoms with E-state index in [1.165, 1.54) is 48.5 Å². The first-order chi connectivity index (χ1) is 20.6. The minimum Gasteiger partial charge on any atom is -0.423 e. The van der Waals surface area contributed by atoms with Crippen LogP contribution in [0.5, 0.6) is 23.0 Å². The number of carbonyl (C=O) groups is 4. The summed E-state index contributed by atoms with van der Waals surface area (Å²) in [5.41, 5.74) is 1.70. The molecule has 0 bridgehead atoms. The van der Waals surface area contributed by atoms with Crippen LogP contribution in [0.15, 0.2) is 105 Å². The normalized spacial score (nSPS) is 10.5. The zero-order valence-electron chi connectivity index (χ0n) is 22.8.